The molecule has 1 aromatic heterocycles. The zero-order chi connectivity index (χ0) is 11.7. The predicted molar refractivity (Wildman–Crippen MR) is 70.4 cm³/mol. The molecule has 0 saturated carbocycles. The van der Waals surface area contributed by atoms with E-state index < -0.39 is 0 Å². The van der Waals surface area contributed by atoms with Crippen LogP contribution in [0.1, 0.15) is 37.0 Å². The molecule has 0 spiro atoms. The van der Waals surface area contributed by atoms with Crippen LogP contribution in [0.5, 0.6) is 0 Å². The van der Waals surface area contributed by atoms with Gasteiger partial charge in [-0.15, -0.1) is 0 Å². The molecule has 0 atom stereocenters. The molecule has 1 aromatic carbocycles. The van der Waals surface area contributed by atoms with Crippen molar-refractivity contribution in [3.05, 3.63) is 35.6 Å². The fourth-order valence-electron chi connectivity index (χ4n) is 2.64. The zero-order valence-corrected chi connectivity index (χ0v) is 10.3. The molecule has 1 aliphatic heterocycles. The SMILES string of the molecule is CCc1ccc2oc(C3CCNCC3)cc2c1. The van der Waals surface area contributed by atoms with Crippen molar-refractivity contribution in [1.29, 1.82) is 0 Å². The maximum absolute atomic E-state index is 5.98. The maximum atomic E-state index is 5.98. The van der Waals surface area contributed by atoms with Crippen LogP contribution >= 0.6 is 0 Å². The second kappa shape index (κ2) is 4.53. The van der Waals surface area contributed by atoms with E-state index in [1.807, 2.05) is 0 Å². The maximum Gasteiger partial charge on any atom is 0.134 e. The number of hydrogen-bond donors (Lipinski definition) is 1. The third kappa shape index (κ3) is 2.09. The lowest BCUT2D eigenvalue weighted by molar-refractivity contribution is 0.397. The largest absolute Gasteiger partial charge is 0.461 e. The summed E-state index contributed by atoms with van der Waals surface area (Å²) in [7, 11) is 0. The van der Waals surface area contributed by atoms with Gasteiger partial charge < -0.3 is 9.73 Å². The van der Waals surface area contributed by atoms with Crippen LogP contribution in [0.3, 0.4) is 0 Å². The minimum absolute atomic E-state index is 0.605. The van der Waals surface area contributed by atoms with E-state index in [-0.39, 0.29) is 0 Å². The molecule has 0 aliphatic carbocycles. The molecule has 17 heavy (non-hydrogen) atoms. The minimum Gasteiger partial charge on any atom is -0.461 e. The van der Waals surface area contributed by atoms with Gasteiger partial charge in [0.05, 0.1) is 0 Å². The van der Waals surface area contributed by atoms with Crippen molar-refractivity contribution in [2.45, 2.75) is 32.1 Å². The van der Waals surface area contributed by atoms with E-state index in [9.17, 15) is 0 Å². The van der Waals surface area contributed by atoms with Crippen molar-refractivity contribution in [3.8, 4) is 0 Å². The lowest BCUT2D eigenvalue weighted by Crippen LogP contribution is -2.26. The summed E-state index contributed by atoms with van der Waals surface area (Å²) in [5.74, 6) is 1.78. The first kappa shape index (κ1) is 10.8. The van der Waals surface area contributed by atoms with E-state index in [0.29, 0.717) is 5.92 Å². The second-order valence-electron chi connectivity index (χ2n) is 4.90. The first-order chi connectivity index (χ1) is 8.36. The molecule has 0 bridgehead atoms. The molecule has 2 nitrogen and oxygen atoms in total. The van der Waals surface area contributed by atoms with E-state index in [4.69, 9.17) is 4.42 Å². The van der Waals surface area contributed by atoms with E-state index in [2.05, 4.69) is 36.5 Å². The summed E-state index contributed by atoms with van der Waals surface area (Å²) in [6.45, 7) is 4.42. The van der Waals surface area contributed by atoms with Crippen LogP contribution in [0.25, 0.3) is 11.0 Å². The smallest absolute Gasteiger partial charge is 0.134 e. The average molecular weight is 229 g/mol. The van der Waals surface area contributed by atoms with Crippen molar-refractivity contribution < 1.29 is 4.42 Å². The summed E-state index contributed by atoms with van der Waals surface area (Å²) in [5, 5.41) is 4.66. The Morgan fingerprint density at radius 1 is 1.24 bits per heavy atom. The number of fused-ring (bicyclic) bond motifs is 1. The molecule has 1 fully saturated rings. The molecule has 1 aliphatic rings. The average Bonchev–Trinajstić information content (AvgIpc) is 2.82. The van der Waals surface area contributed by atoms with Gasteiger partial charge in [-0.2, -0.15) is 0 Å². The number of rotatable bonds is 2. The van der Waals surface area contributed by atoms with Crippen molar-refractivity contribution in [3.63, 3.8) is 0 Å². The standard InChI is InChI=1S/C15H19NO/c1-2-11-3-4-14-13(9-11)10-15(17-14)12-5-7-16-8-6-12/h3-4,9-10,12,16H,2,5-8H2,1H3. The molecular weight excluding hydrogens is 210 g/mol. The number of benzene rings is 1. The molecule has 1 saturated heterocycles. The van der Waals surface area contributed by atoms with Crippen LogP contribution in [0.2, 0.25) is 0 Å². The van der Waals surface area contributed by atoms with Crippen molar-refractivity contribution in [1.82, 2.24) is 5.32 Å². The molecule has 0 radical (unpaired) electrons. The molecule has 2 heteroatoms. The lowest BCUT2D eigenvalue weighted by atomic mass is 9.95. The second-order valence-corrected chi connectivity index (χ2v) is 4.90. The fourth-order valence-corrected chi connectivity index (χ4v) is 2.64. The van der Waals surface area contributed by atoms with Crippen LogP contribution in [0.15, 0.2) is 28.7 Å². The molecule has 0 amide bonds. The summed E-state index contributed by atoms with van der Waals surface area (Å²) in [4.78, 5) is 0. The first-order valence-corrected chi connectivity index (χ1v) is 6.60. The highest BCUT2D eigenvalue weighted by Gasteiger charge is 2.18. The molecule has 0 unspecified atom stereocenters. The lowest BCUT2D eigenvalue weighted by Gasteiger charge is -2.20. The number of piperidine rings is 1. The monoisotopic (exact) mass is 229 g/mol. The molecule has 2 heterocycles. The Labute approximate surface area is 102 Å². The van der Waals surface area contributed by atoms with Gasteiger partial charge in [-0.1, -0.05) is 13.0 Å². The summed E-state index contributed by atoms with van der Waals surface area (Å²) in [6, 6.07) is 8.77. The molecule has 2 aromatic rings. The molecule has 3 rings (SSSR count). The Morgan fingerprint density at radius 3 is 2.82 bits per heavy atom. The van der Waals surface area contributed by atoms with Crippen LogP contribution in [-0.2, 0) is 6.42 Å². The van der Waals surface area contributed by atoms with Gasteiger partial charge in [0, 0.05) is 11.3 Å². The first-order valence-electron chi connectivity index (χ1n) is 6.60. The van der Waals surface area contributed by atoms with E-state index in [1.54, 1.807) is 0 Å². The summed E-state index contributed by atoms with van der Waals surface area (Å²) < 4.78 is 5.98. The van der Waals surface area contributed by atoms with E-state index in [1.165, 1.54) is 29.6 Å². The van der Waals surface area contributed by atoms with Crippen LogP contribution < -0.4 is 5.32 Å². The fraction of sp³-hybridized carbons (Fsp3) is 0.467. The van der Waals surface area contributed by atoms with Crippen LogP contribution in [0, 0.1) is 0 Å². The third-order valence-corrected chi connectivity index (χ3v) is 3.75. The highest BCUT2D eigenvalue weighted by molar-refractivity contribution is 5.78. The van der Waals surface area contributed by atoms with Gasteiger partial charge in [0.25, 0.3) is 0 Å². The minimum atomic E-state index is 0.605. The number of aryl methyl sites for hydroxylation is 1. The highest BCUT2D eigenvalue weighted by atomic mass is 16.3. The van der Waals surface area contributed by atoms with Crippen molar-refractivity contribution in [2.75, 3.05) is 13.1 Å². The Bertz CT molecular complexity index is 509. The normalized spacial score (nSPS) is 17.7. The molecule has 90 valence electrons. The van der Waals surface area contributed by atoms with Gasteiger partial charge in [0.2, 0.25) is 0 Å². The van der Waals surface area contributed by atoms with E-state index in [0.717, 1.165) is 25.1 Å². The topological polar surface area (TPSA) is 25.2 Å². The van der Waals surface area contributed by atoms with Gasteiger partial charge in [-0.25, -0.2) is 0 Å². The zero-order valence-electron chi connectivity index (χ0n) is 10.3. The van der Waals surface area contributed by atoms with Gasteiger partial charge in [-0.05, 0) is 56.1 Å². The summed E-state index contributed by atoms with van der Waals surface area (Å²) >= 11 is 0. The number of hydrogen-bond acceptors (Lipinski definition) is 2. The van der Waals surface area contributed by atoms with Crippen molar-refractivity contribution >= 4 is 11.0 Å². The Hall–Kier alpha value is -1.28. The van der Waals surface area contributed by atoms with Crippen LogP contribution in [-0.4, -0.2) is 13.1 Å². The van der Waals surface area contributed by atoms with Crippen LogP contribution in [0.4, 0.5) is 0 Å². The quantitative estimate of drug-likeness (QED) is 0.853. The van der Waals surface area contributed by atoms with Gasteiger partial charge >= 0.3 is 0 Å². The Morgan fingerprint density at radius 2 is 2.06 bits per heavy atom. The summed E-state index contributed by atoms with van der Waals surface area (Å²) in [6.07, 6.45) is 3.48. The Kier molecular flexibility index (Phi) is 2.89. The molecule has 1 N–H and O–H groups in total. The van der Waals surface area contributed by atoms with Gasteiger partial charge in [0.15, 0.2) is 0 Å². The molecular formula is C15H19NO. The predicted octanol–water partition coefficient (Wildman–Crippen LogP) is 3.46. The van der Waals surface area contributed by atoms with Crippen molar-refractivity contribution in [2.24, 2.45) is 0 Å². The summed E-state index contributed by atoms with van der Waals surface area (Å²) in [5.41, 5.74) is 2.42. The van der Waals surface area contributed by atoms with E-state index >= 15 is 0 Å². The number of furan rings is 1. The Balaban J connectivity index is 1.95. The highest BCUT2D eigenvalue weighted by Crippen LogP contribution is 2.30. The van der Waals surface area contributed by atoms with Gasteiger partial charge in [-0.3, -0.25) is 0 Å². The van der Waals surface area contributed by atoms with Gasteiger partial charge in [0.1, 0.15) is 11.3 Å². The number of nitrogens with one attached hydrogen (secondary N) is 1. The third-order valence-electron chi connectivity index (χ3n) is 3.75.